The largest absolute Gasteiger partial charge is 0.461 e. The van der Waals surface area contributed by atoms with Gasteiger partial charge in [-0.1, -0.05) is 42.5 Å². The van der Waals surface area contributed by atoms with Gasteiger partial charge in [0.05, 0.1) is 5.54 Å². The summed E-state index contributed by atoms with van der Waals surface area (Å²) in [6.07, 6.45) is -23.0. The first kappa shape index (κ1) is 32.3. The molecule has 0 saturated heterocycles. The van der Waals surface area contributed by atoms with E-state index in [4.69, 9.17) is 0 Å². The van der Waals surface area contributed by atoms with E-state index in [2.05, 4.69) is 4.74 Å². The topological polar surface area (TPSA) is 38.3 Å². The summed E-state index contributed by atoms with van der Waals surface area (Å²) >= 11 is 0. The average molecular weight is 615 g/mol. The average Bonchev–Trinajstić information content (AvgIpc) is 2.86. The molecule has 0 spiro atoms. The van der Waals surface area contributed by atoms with E-state index in [1.807, 2.05) is 5.32 Å². The fourth-order valence-corrected chi connectivity index (χ4v) is 3.97. The number of allylic oxidation sites excluding steroid dienone is 1. The summed E-state index contributed by atoms with van der Waals surface area (Å²) in [7, 11) is 0. The number of halogens is 12. The third-order valence-electron chi connectivity index (χ3n) is 5.74. The first-order valence-electron chi connectivity index (χ1n) is 11.5. The number of ether oxygens (including phenoxy) is 1. The number of carbonyl (C=O) groups is 1. The molecular formula is C27H17F12NO2. The summed E-state index contributed by atoms with van der Waals surface area (Å²) in [5.41, 5.74) is -6.32. The van der Waals surface area contributed by atoms with Gasteiger partial charge in [0.2, 0.25) is 5.91 Å². The molecule has 3 rings (SSSR count). The number of rotatable bonds is 9. The highest BCUT2D eigenvalue weighted by molar-refractivity contribution is 5.90. The third kappa shape index (κ3) is 7.76. The molecule has 3 aromatic rings. The van der Waals surface area contributed by atoms with Crippen molar-refractivity contribution in [3.05, 3.63) is 113 Å². The second-order valence-electron chi connectivity index (χ2n) is 8.76. The minimum atomic E-state index is -6.05. The van der Waals surface area contributed by atoms with Gasteiger partial charge in [-0.3, -0.25) is 4.79 Å². The van der Waals surface area contributed by atoms with E-state index in [0.717, 1.165) is 24.3 Å². The monoisotopic (exact) mass is 615 g/mol. The lowest BCUT2D eigenvalue weighted by molar-refractivity contribution is -0.253. The fraction of sp³-hybridized carbons (Fsp3) is 0.222. The van der Waals surface area contributed by atoms with Crippen molar-refractivity contribution in [1.29, 1.82) is 0 Å². The van der Waals surface area contributed by atoms with Crippen LogP contribution in [0.5, 0.6) is 5.75 Å². The molecular weight excluding hydrogens is 598 g/mol. The molecule has 1 atom stereocenters. The van der Waals surface area contributed by atoms with E-state index in [9.17, 15) is 57.5 Å². The van der Waals surface area contributed by atoms with E-state index in [1.54, 1.807) is 0 Å². The van der Waals surface area contributed by atoms with Crippen LogP contribution in [0.25, 0.3) is 0 Å². The van der Waals surface area contributed by atoms with Gasteiger partial charge < -0.3 is 10.1 Å². The smallest absolute Gasteiger partial charge is 0.428 e. The third-order valence-corrected chi connectivity index (χ3v) is 5.74. The lowest BCUT2D eigenvalue weighted by atomic mass is 9.77. The molecule has 0 bridgehead atoms. The van der Waals surface area contributed by atoms with Crippen LogP contribution < -0.4 is 10.1 Å². The highest BCUT2D eigenvalue weighted by Crippen LogP contribution is 2.40. The Balaban J connectivity index is 2.32. The Bertz CT molecular complexity index is 1400. The summed E-state index contributed by atoms with van der Waals surface area (Å²) < 4.78 is 164. The molecule has 1 N–H and O–H groups in total. The van der Waals surface area contributed by atoms with Gasteiger partial charge in [-0.25, -0.2) is 8.78 Å². The highest BCUT2D eigenvalue weighted by atomic mass is 19.4. The van der Waals surface area contributed by atoms with Crippen LogP contribution in [0, 0.1) is 11.6 Å². The van der Waals surface area contributed by atoms with Gasteiger partial charge in [0.15, 0.2) is 0 Å². The Morgan fingerprint density at radius 2 is 1.33 bits per heavy atom. The Hall–Kier alpha value is -4.17. The van der Waals surface area contributed by atoms with Crippen LogP contribution in [0.3, 0.4) is 0 Å². The molecule has 0 radical (unpaired) electrons. The van der Waals surface area contributed by atoms with E-state index in [0.29, 0.717) is 12.1 Å². The SMILES string of the molecule is O=C(C=C(C(F)(F)F)C(F)(F)F)N[C@](Cc1ccccc1)(c1ccc(F)cc1)c1cc(F)cc(OC(F)(F)C(F)F)c1. The minimum Gasteiger partial charge on any atom is -0.428 e. The van der Waals surface area contributed by atoms with Gasteiger partial charge in [-0.15, -0.1) is 0 Å². The van der Waals surface area contributed by atoms with Crippen molar-refractivity contribution < 1.29 is 62.2 Å². The Morgan fingerprint density at radius 1 is 0.762 bits per heavy atom. The molecule has 3 nitrogen and oxygen atoms in total. The van der Waals surface area contributed by atoms with Crippen molar-refractivity contribution in [2.45, 2.75) is 36.8 Å². The molecule has 0 aliphatic rings. The van der Waals surface area contributed by atoms with Crippen molar-refractivity contribution in [3.63, 3.8) is 0 Å². The van der Waals surface area contributed by atoms with Gasteiger partial charge in [0, 0.05) is 18.6 Å². The zero-order chi connectivity index (χ0) is 31.5. The summed E-state index contributed by atoms with van der Waals surface area (Å²) in [5, 5.41) is 1.95. The van der Waals surface area contributed by atoms with Gasteiger partial charge in [-0.05, 0) is 41.0 Å². The van der Waals surface area contributed by atoms with Crippen molar-refractivity contribution in [2.24, 2.45) is 0 Å². The minimum absolute atomic E-state index is 0.211. The quantitative estimate of drug-likeness (QED) is 0.197. The molecule has 3 aromatic carbocycles. The Kier molecular flexibility index (Phi) is 9.22. The molecule has 0 heterocycles. The van der Waals surface area contributed by atoms with Crippen molar-refractivity contribution >= 4 is 5.91 Å². The zero-order valence-electron chi connectivity index (χ0n) is 20.6. The van der Waals surface area contributed by atoms with Crippen LogP contribution in [0.15, 0.2) is 84.4 Å². The van der Waals surface area contributed by atoms with E-state index in [1.165, 1.54) is 30.3 Å². The van der Waals surface area contributed by atoms with Gasteiger partial charge in [0.1, 0.15) is 23.0 Å². The molecule has 42 heavy (non-hydrogen) atoms. The predicted octanol–water partition coefficient (Wildman–Crippen LogP) is 7.86. The molecule has 0 aliphatic heterocycles. The summed E-state index contributed by atoms with van der Waals surface area (Å²) in [4.78, 5) is 12.8. The molecule has 1 amide bonds. The molecule has 226 valence electrons. The van der Waals surface area contributed by atoms with Gasteiger partial charge in [0.25, 0.3) is 0 Å². The maximum Gasteiger partial charge on any atom is 0.461 e. The van der Waals surface area contributed by atoms with Crippen LogP contribution in [0.2, 0.25) is 0 Å². The normalized spacial score (nSPS) is 13.8. The van der Waals surface area contributed by atoms with Crippen LogP contribution in [0.4, 0.5) is 52.7 Å². The van der Waals surface area contributed by atoms with E-state index >= 15 is 0 Å². The summed E-state index contributed by atoms with van der Waals surface area (Å²) in [6.45, 7) is 0. The lowest BCUT2D eigenvalue weighted by Crippen LogP contribution is -2.48. The van der Waals surface area contributed by atoms with E-state index < -0.39 is 77.4 Å². The molecule has 0 unspecified atom stereocenters. The number of hydrogen-bond acceptors (Lipinski definition) is 2. The maximum absolute atomic E-state index is 14.7. The first-order chi connectivity index (χ1) is 19.3. The number of amides is 1. The van der Waals surface area contributed by atoms with Crippen LogP contribution in [0.1, 0.15) is 16.7 Å². The molecule has 15 heteroatoms. The number of nitrogens with one attached hydrogen (secondary N) is 1. The van der Waals surface area contributed by atoms with Crippen LogP contribution in [-0.4, -0.2) is 30.8 Å². The van der Waals surface area contributed by atoms with Crippen molar-refractivity contribution in [1.82, 2.24) is 5.32 Å². The molecule has 0 aliphatic carbocycles. The fourth-order valence-electron chi connectivity index (χ4n) is 3.97. The predicted molar refractivity (Wildman–Crippen MR) is 124 cm³/mol. The molecule has 0 aromatic heterocycles. The first-order valence-corrected chi connectivity index (χ1v) is 11.5. The standard InChI is InChI=1S/C27H17F12NO2/c28-18-8-6-16(7-9-18)24(14-15-4-2-1-3-5-15,40-22(41)13-21(25(32,33)34)26(35,36)37)17-10-19(29)12-20(11-17)42-27(38,39)23(30)31/h1-13,23H,14H2,(H,40,41)/t24-/m1/s1. The number of carbonyl (C=O) groups excluding carboxylic acids is 1. The van der Waals surface area contributed by atoms with Crippen LogP contribution >= 0.6 is 0 Å². The number of benzene rings is 3. The maximum atomic E-state index is 14.7. The summed E-state index contributed by atoms with van der Waals surface area (Å²) in [6, 6.07) is 12.0. The second-order valence-corrected chi connectivity index (χ2v) is 8.76. The number of hydrogen-bond donors (Lipinski definition) is 1. The second kappa shape index (κ2) is 12.0. The molecule has 0 fully saturated rings. The van der Waals surface area contributed by atoms with E-state index in [-0.39, 0.29) is 17.2 Å². The Labute approximate surface area is 229 Å². The van der Waals surface area contributed by atoms with Crippen molar-refractivity contribution in [2.75, 3.05) is 0 Å². The van der Waals surface area contributed by atoms with Gasteiger partial charge >= 0.3 is 24.9 Å². The van der Waals surface area contributed by atoms with Crippen LogP contribution in [-0.2, 0) is 16.8 Å². The number of alkyl halides is 10. The zero-order valence-corrected chi connectivity index (χ0v) is 20.6. The summed E-state index contributed by atoms with van der Waals surface area (Å²) in [5.74, 6) is -5.56. The van der Waals surface area contributed by atoms with Crippen molar-refractivity contribution in [3.8, 4) is 5.75 Å². The van der Waals surface area contributed by atoms with Gasteiger partial charge in [-0.2, -0.15) is 43.9 Å². The molecule has 0 saturated carbocycles. The Morgan fingerprint density at radius 3 is 1.86 bits per heavy atom. The highest BCUT2D eigenvalue weighted by Gasteiger charge is 2.52. The lowest BCUT2D eigenvalue weighted by Gasteiger charge is -2.37.